The minimum atomic E-state index is -0.332. The van der Waals surface area contributed by atoms with Crippen LogP contribution in [-0.4, -0.2) is 43.0 Å². The first kappa shape index (κ1) is 13.6. The Morgan fingerprint density at radius 2 is 2.25 bits per heavy atom. The maximum atomic E-state index is 12.2. The topological polar surface area (TPSA) is 37.4 Å². The lowest BCUT2D eigenvalue weighted by Gasteiger charge is -2.38. The van der Waals surface area contributed by atoms with Crippen molar-refractivity contribution in [3.63, 3.8) is 0 Å². The summed E-state index contributed by atoms with van der Waals surface area (Å²) in [5.74, 6) is 0.448. The second kappa shape index (κ2) is 5.77. The number of ketones is 1. The van der Waals surface area contributed by atoms with Crippen molar-refractivity contribution < 1.29 is 9.59 Å². The van der Waals surface area contributed by atoms with Crippen molar-refractivity contribution in [3.8, 4) is 0 Å². The normalized spacial score (nSPS) is 26.7. The zero-order valence-corrected chi connectivity index (χ0v) is 11.5. The van der Waals surface area contributed by atoms with Crippen molar-refractivity contribution in [1.82, 2.24) is 4.90 Å². The molecule has 3 nitrogen and oxygen atoms in total. The maximum Gasteiger partial charge on any atom is 0.223 e. The molecule has 0 radical (unpaired) electrons. The molecule has 2 unspecified atom stereocenters. The Balaban J connectivity index is 2.80. The van der Waals surface area contributed by atoms with E-state index >= 15 is 0 Å². The number of carbonyl (C=O) groups excluding carboxylic acids is 2. The molecule has 1 saturated heterocycles. The third-order valence-corrected chi connectivity index (χ3v) is 4.17. The quantitative estimate of drug-likeness (QED) is 0.692. The average molecular weight is 243 g/mol. The van der Waals surface area contributed by atoms with Crippen molar-refractivity contribution in [2.75, 3.05) is 26.4 Å². The molecule has 4 heteroatoms. The fourth-order valence-electron chi connectivity index (χ4n) is 2.44. The number of Topliss-reactive ketones (excluding diaryl/α,β-unsaturated/α-hetero) is 1. The lowest BCUT2D eigenvalue weighted by atomic mass is 9.72. The van der Waals surface area contributed by atoms with Crippen LogP contribution in [0, 0.1) is 5.41 Å². The van der Waals surface area contributed by atoms with Crippen molar-refractivity contribution >= 4 is 20.3 Å². The van der Waals surface area contributed by atoms with Gasteiger partial charge in [0.2, 0.25) is 5.91 Å². The molecule has 1 aliphatic rings. The number of nitrogens with zero attached hydrogens (tertiary/aromatic N) is 1. The lowest BCUT2D eigenvalue weighted by molar-refractivity contribution is -0.144. The van der Waals surface area contributed by atoms with E-state index < -0.39 is 0 Å². The zero-order chi connectivity index (χ0) is 12.2. The van der Waals surface area contributed by atoms with Crippen molar-refractivity contribution in [2.24, 2.45) is 5.41 Å². The number of amides is 1. The number of piperidine rings is 1. The number of hydrogen-bond acceptors (Lipinski definition) is 2. The molecule has 0 saturated carbocycles. The van der Waals surface area contributed by atoms with E-state index in [2.05, 4.69) is 6.92 Å². The summed E-state index contributed by atoms with van der Waals surface area (Å²) < 4.78 is 0. The number of hydrogen-bond donors (Lipinski definition) is 0. The summed E-state index contributed by atoms with van der Waals surface area (Å²) in [4.78, 5) is 25.7. The second-order valence-electron chi connectivity index (χ2n) is 4.73. The van der Waals surface area contributed by atoms with Gasteiger partial charge in [0.25, 0.3) is 0 Å². The van der Waals surface area contributed by atoms with Gasteiger partial charge in [-0.2, -0.15) is 0 Å². The molecule has 1 fully saturated rings. The van der Waals surface area contributed by atoms with Gasteiger partial charge in [0.15, 0.2) is 0 Å². The monoisotopic (exact) mass is 243 g/mol. The van der Waals surface area contributed by atoms with Crippen LogP contribution in [0.1, 0.15) is 32.6 Å². The summed E-state index contributed by atoms with van der Waals surface area (Å²) in [6.45, 7) is 4.87. The van der Waals surface area contributed by atoms with Gasteiger partial charge in [-0.25, -0.2) is 0 Å². The summed E-state index contributed by atoms with van der Waals surface area (Å²) in [6.07, 6.45) is 3.79. The van der Waals surface area contributed by atoms with Gasteiger partial charge in [0.05, 0.1) is 0 Å². The summed E-state index contributed by atoms with van der Waals surface area (Å²) in [7, 11) is 2.48. The minimum Gasteiger partial charge on any atom is -0.346 e. The van der Waals surface area contributed by atoms with Crippen LogP contribution >= 0.6 is 8.58 Å². The highest BCUT2D eigenvalue weighted by molar-refractivity contribution is 7.38. The number of rotatable bonds is 5. The van der Waals surface area contributed by atoms with Crippen LogP contribution in [0.25, 0.3) is 0 Å². The van der Waals surface area contributed by atoms with E-state index in [1.165, 1.54) is 0 Å². The molecule has 92 valence electrons. The molecule has 0 N–H and O–H groups in total. The first-order valence-corrected chi connectivity index (χ1v) is 7.68. The Bertz CT molecular complexity index is 280. The molecule has 0 aromatic carbocycles. The highest BCUT2D eigenvalue weighted by Gasteiger charge is 2.42. The van der Waals surface area contributed by atoms with Crippen molar-refractivity contribution in [2.45, 2.75) is 32.6 Å². The van der Waals surface area contributed by atoms with E-state index in [9.17, 15) is 9.59 Å². The minimum absolute atomic E-state index is 0.132. The Morgan fingerprint density at radius 3 is 2.75 bits per heavy atom. The first-order valence-electron chi connectivity index (χ1n) is 5.97. The molecule has 1 rings (SSSR count). The molecule has 0 aromatic heterocycles. The van der Waals surface area contributed by atoms with Gasteiger partial charge in [0.1, 0.15) is 5.78 Å². The van der Waals surface area contributed by atoms with Crippen molar-refractivity contribution in [3.05, 3.63) is 0 Å². The second-order valence-corrected chi connectivity index (χ2v) is 5.79. The van der Waals surface area contributed by atoms with Gasteiger partial charge in [0, 0.05) is 31.6 Å². The van der Waals surface area contributed by atoms with Crippen LogP contribution in [0.2, 0.25) is 0 Å². The van der Waals surface area contributed by atoms with Crippen molar-refractivity contribution in [1.29, 1.82) is 0 Å². The summed E-state index contributed by atoms with van der Waals surface area (Å²) in [5, 5.41) is 0. The van der Waals surface area contributed by atoms with Crippen LogP contribution in [0.5, 0.6) is 0 Å². The maximum absolute atomic E-state index is 12.2. The highest BCUT2D eigenvalue weighted by atomic mass is 31.1. The van der Waals surface area contributed by atoms with E-state index in [0.717, 1.165) is 25.8 Å². The van der Waals surface area contributed by atoms with Crippen LogP contribution in [0.15, 0.2) is 0 Å². The molecule has 0 bridgehead atoms. The van der Waals surface area contributed by atoms with Gasteiger partial charge >= 0.3 is 0 Å². The van der Waals surface area contributed by atoms with E-state index in [-0.39, 0.29) is 11.3 Å². The van der Waals surface area contributed by atoms with E-state index in [4.69, 9.17) is 0 Å². The predicted octanol–water partition coefficient (Wildman–Crippen LogP) is 1.90. The molecule has 16 heavy (non-hydrogen) atoms. The third-order valence-electron chi connectivity index (χ3n) is 3.50. The van der Waals surface area contributed by atoms with Gasteiger partial charge < -0.3 is 4.90 Å². The van der Waals surface area contributed by atoms with Crippen LogP contribution in [0.4, 0.5) is 0 Å². The van der Waals surface area contributed by atoms with E-state index in [1.807, 2.05) is 13.7 Å². The zero-order valence-electron chi connectivity index (χ0n) is 10.5. The summed E-state index contributed by atoms with van der Waals surface area (Å²) >= 11 is 0. The Morgan fingerprint density at radius 1 is 1.56 bits per heavy atom. The van der Waals surface area contributed by atoms with Gasteiger partial charge in [-0.3, -0.25) is 9.59 Å². The number of carbonyl (C=O) groups is 2. The van der Waals surface area contributed by atoms with Gasteiger partial charge in [-0.1, -0.05) is 13.3 Å². The SMILES string of the molecule is CCCC1(C(=O)CPC)CCN(C)C(=O)C1. The molecule has 0 spiro atoms. The van der Waals surface area contributed by atoms with Gasteiger partial charge in [-0.05, 0) is 19.5 Å². The van der Waals surface area contributed by atoms with Crippen LogP contribution < -0.4 is 0 Å². The molecule has 1 heterocycles. The standard InChI is InChI=1S/C12H22NO2P/c1-4-5-12(10(14)9-16-3)6-7-13(2)11(15)8-12/h16H,4-9H2,1-3H3. The smallest absolute Gasteiger partial charge is 0.223 e. The van der Waals surface area contributed by atoms with E-state index in [0.29, 0.717) is 26.9 Å². The molecule has 2 atom stereocenters. The Labute approximate surface area is 99.7 Å². The molecule has 1 amide bonds. The Kier molecular flexibility index (Phi) is 4.91. The van der Waals surface area contributed by atoms with Gasteiger partial charge in [-0.15, -0.1) is 8.58 Å². The third kappa shape index (κ3) is 2.82. The van der Waals surface area contributed by atoms with Crippen LogP contribution in [-0.2, 0) is 9.59 Å². The summed E-state index contributed by atoms with van der Waals surface area (Å²) in [5.41, 5.74) is -0.332. The molecular formula is C12H22NO2P. The fourth-order valence-corrected chi connectivity index (χ4v) is 3.13. The summed E-state index contributed by atoms with van der Waals surface area (Å²) in [6, 6.07) is 0. The fraction of sp³-hybridized carbons (Fsp3) is 0.833. The Hall–Kier alpha value is -0.430. The van der Waals surface area contributed by atoms with E-state index in [1.54, 1.807) is 4.90 Å². The largest absolute Gasteiger partial charge is 0.346 e. The molecule has 1 aliphatic heterocycles. The van der Waals surface area contributed by atoms with Crippen LogP contribution in [0.3, 0.4) is 0 Å². The molecule has 0 aromatic rings. The molecular weight excluding hydrogens is 221 g/mol. The number of likely N-dealkylation sites (tertiary alicyclic amines) is 1. The molecule has 0 aliphatic carbocycles. The predicted molar refractivity (Wildman–Crippen MR) is 68.3 cm³/mol. The average Bonchev–Trinajstić information content (AvgIpc) is 2.24. The highest BCUT2D eigenvalue weighted by Crippen LogP contribution is 2.38. The lowest BCUT2D eigenvalue weighted by Crippen LogP contribution is -2.46. The first-order chi connectivity index (χ1) is 7.55.